The molecule has 1 aromatic heterocycles. The van der Waals surface area contributed by atoms with Crippen molar-refractivity contribution < 1.29 is 13.2 Å². The Morgan fingerprint density at radius 3 is 2.52 bits per heavy atom. The van der Waals surface area contributed by atoms with E-state index in [0.29, 0.717) is 5.56 Å². The summed E-state index contributed by atoms with van der Waals surface area (Å²) in [6.45, 7) is -0.0291. The number of amides is 1. The molecule has 0 aliphatic heterocycles. The number of nitrogens with zero attached hydrogens (tertiary/aromatic N) is 1. The molecule has 0 radical (unpaired) electrons. The van der Waals surface area contributed by atoms with E-state index in [-0.39, 0.29) is 29.6 Å². The highest BCUT2D eigenvalue weighted by Gasteiger charge is 2.29. The molecule has 0 aliphatic carbocycles. The van der Waals surface area contributed by atoms with Gasteiger partial charge in [-0.2, -0.15) is 0 Å². The van der Waals surface area contributed by atoms with E-state index in [0.717, 1.165) is 0 Å². The fourth-order valence-corrected chi connectivity index (χ4v) is 3.97. The van der Waals surface area contributed by atoms with E-state index in [1.807, 2.05) is 0 Å². The molecule has 0 saturated heterocycles. The monoisotopic (exact) mass is 352 g/mol. The lowest BCUT2D eigenvalue weighted by molar-refractivity contribution is -0.120. The lowest BCUT2D eigenvalue weighted by Gasteiger charge is -2.18. The van der Waals surface area contributed by atoms with Crippen molar-refractivity contribution in [3.63, 3.8) is 0 Å². The highest BCUT2D eigenvalue weighted by atomic mass is 35.5. The first-order valence-electron chi connectivity index (χ1n) is 7.07. The average Bonchev–Trinajstić information content (AvgIpc) is 2.57. The van der Waals surface area contributed by atoms with E-state index in [2.05, 4.69) is 10.3 Å². The zero-order valence-corrected chi connectivity index (χ0v) is 13.9. The van der Waals surface area contributed by atoms with Gasteiger partial charge in [-0.1, -0.05) is 24.3 Å². The molecule has 7 heteroatoms. The van der Waals surface area contributed by atoms with Crippen molar-refractivity contribution in [2.75, 3.05) is 12.4 Å². The van der Waals surface area contributed by atoms with Crippen LogP contribution in [-0.4, -0.2) is 31.7 Å². The van der Waals surface area contributed by atoms with Crippen LogP contribution in [0.5, 0.6) is 0 Å². The van der Waals surface area contributed by atoms with Crippen LogP contribution < -0.4 is 5.32 Å². The number of pyridine rings is 1. The molecule has 0 spiro atoms. The van der Waals surface area contributed by atoms with Crippen molar-refractivity contribution in [1.29, 1.82) is 0 Å². The Morgan fingerprint density at radius 2 is 1.91 bits per heavy atom. The lowest BCUT2D eigenvalue weighted by atomic mass is 10.2. The molecule has 1 atom stereocenters. The maximum atomic E-state index is 12.9. The fraction of sp³-hybridized carbons (Fsp3) is 0.250. The molecule has 122 valence electrons. The number of hydrogen-bond acceptors (Lipinski definition) is 4. The Morgan fingerprint density at radius 1 is 1.17 bits per heavy atom. The summed E-state index contributed by atoms with van der Waals surface area (Å²) in [5, 5.41) is 1.72. The van der Waals surface area contributed by atoms with E-state index >= 15 is 0 Å². The van der Waals surface area contributed by atoms with E-state index in [9.17, 15) is 13.2 Å². The molecule has 1 aromatic carbocycles. The number of carbonyl (C=O) groups is 1. The Bertz CT molecular complexity index is 736. The minimum Gasteiger partial charge on any atom is -0.354 e. The minimum absolute atomic E-state index is 0.0291. The Balaban J connectivity index is 2.32. The van der Waals surface area contributed by atoms with Crippen LogP contribution in [0.15, 0.2) is 59.8 Å². The van der Waals surface area contributed by atoms with Crippen molar-refractivity contribution in [2.45, 2.75) is 16.6 Å². The van der Waals surface area contributed by atoms with Crippen LogP contribution in [0.4, 0.5) is 0 Å². The van der Waals surface area contributed by atoms with Gasteiger partial charge in [-0.05, 0) is 23.8 Å². The maximum Gasteiger partial charge on any atom is 0.221 e. The summed E-state index contributed by atoms with van der Waals surface area (Å²) in [4.78, 5) is 15.8. The van der Waals surface area contributed by atoms with Crippen molar-refractivity contribution in [2.24, 2.45) is 0 Å². The van der Waals surface area contributed by atoms with Crippen LogP contribution in [-0.2, 0) is 14.6 Å². The highest BCUT2D eigenvalue weighted by Crippen LogP contribution is 2.27. The van der Waals surface area contributed by atoms with Crippen molar-refractivity contribution in [3.8, 4) is 0 Å². The Hall–Kier alpha value is -1.92. The first-order valence-corrected chi connectivity index (χ1v) is 9.15. The highest BCUT2D eigenvalue weighted by molar-refractivity contribution is 7.91. The fourth-order valence-electron chi connectivity index (χ4n) is 2.13. The van der Waals surface area contributed by atoms with Gasteiger partial charge in [0, 0.05) is 31.2 Å². The molecule has 0 unspecified atom stereocenters. The van der Waals surface area contributed by atoms with Crippen LogP contribution in [0.25, 0.3) is 0 Å². The predicted octanol–water partition coefficient (Wildman–Crippen LogP) is 2.34. The second kappa shape index (κ2) is 8.08. The molecule has 2 rings (SSSR count). The number of carbonyl (C=O) groups excluding carboxylic acids is 1. The van der Waals surface area contributed by atoms with E-state index < -0.39 is 15.1 Å². The summed E-state index contributed by atoms with van der Waals surface area (Å²) >= 11 is 5.53. The Kier molecular flexibility index (Phi) is 6.12. The van der Waals surface area contributed by atoms with Crippen molar-refractivity contribution in [1.82, 2.24) is 10.3 Å². The largest absolute Gasteiger partial charge is 0.354 e. The zero-order chi connectivity index (χ0) is 16.7. The Labute approximate surface area is 140 Å². The van der Waals surface area contributed by atoms with Gasteiger partial charge in [-0.25, -0.2) is 8.42 Å². The summed E-state index contributed by atoms with van der Waals surface area (Å²) in [6.07, 6.45) is 3.22. The summed E-state index contributed by atoms with van der Waals surface area (Å²) < 4.78 is 25.8. The van der Waals surface area contributed by atoms with Crippen LogP contribution in [0.1, 0.15) is 17.2 Å². The molecule has 0 aliphatic rings. The van der Waals surface area contributed by atoms with Gasteiger partial charge in [-0.15, -0.1) is 11.6 Å². The molecule has 1 heterocycles. The SMILES string of the molecule is O=C(CCCl)NC[C@H](c1cccnc1)S(=O)(=O)c1ccccc1. The molecule has 2 aromatic rings. The number of halogens is 1. The number of nitrogens with one attached hydrogen (secondary N) is 1. The summed E-state index contributed by atoms with van der Waals surface area (Å²) in [5.74, 6) is -0.0911. The average molecular weight is 353 g/mol. The minimum atomic E-state index is -3.65. The molecule has 0 saturated carbocycles. The van der Waals surface area contributed by atoms with E-state index in [1.54, 1.807) is 48.7 Å². The van der Waals surface area contributed by atoms with Gasteiger partial charge in [0.15, 0.2) is 9.84 Å². The quantitative estimate of drug-likeness (QED) is 0.776. The van der Waals surface area contributed by atoms with Gasteiger partial charge in [-0.3, -0.25) is 9.78 Å². The summed E-state index contributed by atoms with van der Waals surface area (Å²) in [5.41, 5.74) is 0.530. The summed E-state index contributed by atoms with van der Waals surface area (Å²) in [6, 6.07) is 11.5. The molecule has 5 nitrogen and oxygen atoms in total. The van der Waals surface area contributed by atoms with Gasteiger partial charge in [0.25, 0.3) is 0 Å². The van der Waals surface area contributed by atoms with Crippen LogP contribution in [0, 0.1) is 0 Å². The number of hydrogen-bond donors (Lipinski definition) is 1. The van der Waals surface area contributed by atoms with Gasteiger partial charge in [0.05, 0.1) is 4.90 Å². The number of alkyl halides is 1. The molecule has 23 heavy (non-hydrogen) atoms. The second-order valence-corrected chi connectivity index (χ2v) is 7.38. The third-order valence-corrected chi connectivity index (χ3v) is 5.61. The third kappa shape index (κ3) is 4.53. The zero-order valence-electron chi connectivity index (χ0n) is 12.4. The first kappa shape index (κ1) is 17.4. The molecular weight excluding hydrogens is 336 g/mol. The maximum absolute atomic E-state index is 12.9. The smallest absolute Gasteiger partial charge is 0.221 e. The number of sulfone groups is 1. The van der Waals surface area contributed by atoms with Crippen LogP contribution in [0.3, 0.4) is 0 Å². The second-order valence-electron chi connectivity index (χ2n) is 4.88. The van der Waals surface area contributed by atoms with E-state index in [1.165, 1.54) is 6.20 Å². The van der Waals surface area contributed by atoms with Crippen molar-refractivity contribution >= 4 is 27.3 Å². The standard InChI is InChI=1S/C16H17ClN2O3S/c17-9-8-16(20)19-12-15(13-5-4-10-18-11-13)23(21,22)14-6-2-1-3-7-14/h1-7,10-11,15H,8-9,12H2,(H,19,20)/t15-/m1/s1. The predicted molar refractivity (Wildman–Crippen MR) is 89.0 cm³/mol. The van der Waals surface area contributed by atoms with Gasteiger partial charge in [0.2, 0.25) is 5.91 Å². The number of aromatic nitrogens is 1. The third-order valence-electron chi connectivity index (χ3n) is 3.31. The topological polar surface area (TPSA) is 76.1 Å². The number of benzene rings is 1. The molecule has 0 bridgehead atoms. The normalized spacial score (nSPS) is 12.6. The first-order chi connectivity index (χ1) is 11.1. The van der Waals surface area contributed by atoms with Gasteiger partial charge in [0.1, 0.15) is 5.25 Å². The van der Waals surface area contributed by atoms with Crippen LogP contribution >= 0.6 is 11.6 Å². The molecule has 1 amide bonds. The van der Waals surface area contributed by atoms with E-state index in [4.69, 9.17) is 11.6 Å². The van der Waals surface area contributed by atoms with Crippen molar-refractivity contribution in [3.05, 3.63) is 60.4 Å². The molecular formula is C16H17ClN2O3S. The molecule has 1 N–H and O–H groups in total. The van der Waals surface area contributed by atoms with Crippen LogP contribution in [0.2, 0.25) is 0 Å². The molecule has 0 fully saturated rings. The summed E-state index contributed by atoms with van der Waals surface area (Å²) in [7, 11) is -3.65. The van der Waals surface area contributed by atoms with Gasteiger partial charge >= 0.3 is 0 Å². The lowest BCUT2D eigenvalue weighted by Crippen LogP contribution is -2.32. The number of rotatable bonds is 7. The van der Waals surface area contributed by atoms with Gasteiger partial charge < -0.3 is 5.32 Å².